The number of halogens is 1. The Kier molecular flexibility index (Phi) is 5.70. The second kappa shape index (κ2) is 8.16. The van der Waals surface area contributed by atoms with Crippen molar-refractivity contribution in [3.8, 4) is 0 Å². The zero-order valence-electron chi connectivity index (χ0n) is 13.4. The molecule has 0 saturated carbocycles. The lowest BCUT2D eigenvalue weighted by Gasteiger charge is -2.15. The van der Waals surface area contributed by atoms with Crippen LogP contribution in [0, 0.1) is 0 Å². The van der Waals surface area contributed by atoms with Gasteiger partial charge in [0.05, 0.1) is 18.3 Å². The average Bonchev–Trinajstić information content (AvgIpc) is 2.91. The molecule has 0 spiro atoms. The molecule has 1 atom stereocenters. The lowest BCUT2D eigenvalue weighted by molar-refractivity contribution is -0.138. The van der Waals surface area contributed by atoms with Crippen molar-refractivity contribution in [3.63, 3.8) is 0 Å². The first-order valence-corrected chi connectivity index (χ1v) is 8.94. The van der Waals surface area contributed by atoms with E-state index in [-0.39, 0.29) is 12.3 Å². The third-order valence-corrected chi connectivity index (χ3v) is 4.87. The summed E-state index contributed by atoms with van der Waals surface area (Å²) in [5.74, 6) is -1.35. The van der Waals surface area contributed by atoms with Gasteiger partial charge < -0.3 is 5.11 Å². The molecular formula is C18H14ClN3O3S. The second-order valence-corrected chi connectivity index (χ2v) is 7.00. The number of carbonyl (C=O) groups is 2. The van der Waals surface area contributed by atoms with E-state index in [1.165, 1.54) is 11.1 Å². The number of rotatable bonds is 5. The number of carboxylic acids is 1. The molecule has 2 aromatic rings. The number of benzene rings is 2. The topological polar surface area (TPSA) is 82.3 Å². The molecule has 1 amide bonds. The van der Waals surface area contributed by atoms with E-state index in [2.05, 4.69) is 10.2 Å². The van der Waals surface area contributed by atoms with Crippen molar-refractivity contribution < 1.29 is 14.7 Å². The minimum absolute atomic E-state index is 0.274. The number of carbonyl (C=O) groups excluding carboxylic acids is 1. The molecule has 1 N–H and O–H groups in total. The van der Waals surface area contributed by atoms with Gasteiger partial charge in [0.1, 0.15) is 5.25 Å². The Bertz CT molecular complexity index is 886. The summed E-state index contributed by atoms with van der Waals surface area (Å²) in [7, 11) is 0. The molecule has 1 aliphatic heterocycles. The smallest absolute Gasteiger partial charge is 0.305 e. The molecule has 2 aromatic carbocycles. The minimum Gasteiger partial charge on any atom is -0.481 e. The first kappa shape index (κ1) is 18.2. The molecule has 0 aromatic heterocycles. The van der Waals surface area contributed by atoms with Crippen LogP contribution in [0.4, 0.5) is 5.69 Å². The van der Waals surface area contributed by atoms with E-state index >= 15 is 0 Å². The predicted octanol–water partition coefficient (Wildman–Crippen LogP) is 3.65. The number of carboxylic acid groups (broad SMARTS) is 1. The van der Waals surface area contributed by atoms with Crippen LogP contribution in [0.25, 0.3) is 0 Å². The van der Waals surface area contributed by atoms with Crippen molar-refractivity contribution in [2.75, 3.05) is 4.90 Å². The number of nitrogens with zero attached hydrogens (tertiary/aromatic N) is 3. The Balaban J connectivity index is 1.88. The maximum absolute atomic E-state index is 12.6. The third kappa shape index (κ3) is 4.30. The SMILES string of the molecule is O=C(O)CC1S/C(=N\N=C\c2cccc(Cl)c2)N(c2ccccc2)C1=O. The Morgan fingerprint density at radius 3 is 2.69 bits per heavy atom. The summed E-state index contributed by atoms with van der Waals surface area (Å²) in [4.78, 5) is 25.0. The molecule has 132 valence electrons. The van der Waals surface area contributed by atoms with Crippen molar-refractivity contribution in [3.05, 3.63) is 65.2 Å². The first-order chi connectivity index (χ1) is 12.5. The summed E-state index contributed by atoms with van der Waals surface area (Å²) in [6, 6.07) is 16.1. The van der Waals surface area contributed by atoms with E-state index in [0.29, 0.717) is 15.9 Å². The van der Waals surface area contributed by atoms with Crippen LogP contribution in [-0.2, 0) is 9.59 Å². The van der Waals surface area contributed by atoms with Crippen LogP contribution < -0.4 is 4.90 Å². The monoisotopic (exact) mass is 387 g/mol. The van der Waals surface area contributed by atoms with E-state index < -0.39 is 11.2 Å². The fourth-order valence-corrected chi connectivity index (χ4v) is 3.65. The average molecular weight is 388 g/mol. The van der Waals surface area contributed by atoms with Crippen LogP contribution in [0.5, 0.6) is 0 Å². The minimum atomic E-state index is -1.03. The molecule has 0 bridgehead atoms. The Labute approximate surface area is 159 Å². The van der Waals surface area contributed by atoms with E-state index in [1.807, 2.05) is 12.1 Å². The summed E-state index contributed by atoms with van der Waals surface area (Å²) >= 11 is 7.02. The molecule has 1 fully saturated rings. The van der Waals surface area contributed by atoms with E-state index in [0.717, 1.165) is 17.3 Å². The van der Waals surface area contributed by atoms with E-state index in [1.54, 1.807) is 42.5 Å². The molecule has 0 aliphatic carbocycles. The predicted molar refractivity (Wildman–Crippen MR) is 104 cm³/mol. The summed E-state index contributed by atoms with van der Waals surface area (Å²) in [5.41, 5.74) is 1.39. The molecule has 1 heterocycles. The molecule has 26 heavy (non-hydrogen) atoms. The second-order valence-electron chi connectivity index (χ2n) is 5.40. The fraction of sp³-hybridized carbons (Fsp3) is 0.111. The number of amides is 1. The third-order valence-electron chi connectivity index (χ3n) is 3.51. The zero-order valence-corrected chi connectivity index (χ0v) is 15.0. The normalized spacial score (nSPS) is 18.8. The number of hydrogen-bond acceptors (Lipinski definition) is 5. The van der Waals surface area contributed by atoms with Crippen molar-refractivity contribution >= 4 is 52.3 Å². The molecule has 1 unspecified atom stereocenters. The van der Waals surface area contributed by atoms with E-state index in [9.17, 15) is 9.59 Å². The summed E-state index contributed by atoms with van der Waals surface area (Å²) in [5, 5.41) is 17.4. The van der Waals surface area contributed by atoms with Gasteiger partial charge in [0.25, 0.3) is 0 Å². The maximum Gasteiger partial charge on any atom is 0.305 e. The summed E-state index contributed by atoms with van der Waals surface area (Å²) in [6.45, 7) is 0. The standard InChI is InChI=1S/C18H14ClN3O3S/c19-13-6-4-5-12(9-13)11-20-21-18-22(14-7-2-1-3-8-14)17(25)15(26-18)10-16(23)24/h1-9,11,15H,10H2,(H,23,24)/b20-11+,21-18-. The number of aliphatic carboxylic acids is 1. The molecule has 1 aliphatic rings. The van der Waals surface area contributed by atoms with Crippen molar-refractivity contribution in [1.29, 1.82) is 0 Å². The van der Waals surface area contributed by atoms with Gasteiger partial charge in [-0.15, -0.1) is 5.10 Å². The van der Waals surface area contributed by atoms with Gasteiger partial charge in [-0.2, -0.15) is 5.10 Å². The lowest BCUT2D eigenvalue weighted by atomic mass is 10.2. The Hall–Kier alpha value is -2.64. The summed E-state index contributed by atoms with van der Waals surface area (Å²) in [6.07, 6.45) is 1.25. The quantitative estimate of drug-likeness (QED) is 0.627. The van der Waals surface area contributed by atoms with Crippen molar-refractivity contribution in [2.45, 2.75) is 11.7 Å². The van der Waals surface area contributed by atoms with Gasteiger partial charge in [0.15, 0.2) is 5.17 Å². The van der Waals surface area contributed by atoms with Crippen LogP contribution in [0.15, 0.2) is 64.8 Å². The van der Waals surface area contributed by atoms with Crippen LogP contribution in [0.3, 0.4) is 0 Å². The van der Waals surface area contributed by atoms with E-state index in [4.69, 9.17) is 16.7 Å². The van der Waals surface area contributed by atoms with Crippen LogP contribution >= 0.6 is 23.4 Å². The van der Waals surface area contributed by atoms with Crippen LogP contribution in [0.1, 0.15) is 12.0 Å². The molecule has 6 nitrogen and oxygen atoms in total. The number of amidine groups is 1. The summed E-state index contributed by atoms with van der Waals surface area (Å²) < 4.78 is 0. The Morgan fingerprint density at radius 1 is 1.23 bits per heavy atom. The highest BCUT2D eigenvalue weighted by atomic mass is 35.5. The van der Waals surface area contributed by atoms with Gasteiger partial charge >= 0.3 is 5.97 Å². The van der Waals surface area contributed by atoms with Gasteiger partial charge in [-0.25, -0.2) is 0 Å². The van der Waals surface area contributed by atoms with Gasteiger partial charge in [-0.05, 0) is 29.8 Å². The van der Waals surface area contributed by atoms with Gasteiger partial charge in [0.2, 0.25) is 5.91 Å². The number of anilines is 1. The molecule has 0 radical (unpaired) electrons. The number of para-hydroxylation sites is 1. The van der Waals surface area contributed by atoms with Crippen LogP contribution in [-0.4, -0.2) is 33.6 Å². The zero-order chi connectivity index (χ0) is 18.5. The number of thioether (sulfide) groups is 1. The van der Waals surface area contributed by atoms with Gasteiger partial charge in [-0.1, -0.05) is 53.7 Å². The molecule has 1 saturated heterocycles. The highest BCUT2D eigenvalue weighted by Crippen LogP contribution is 2.33. The van der Waals surface area contributed by atoms with Crippen molar-refractivity contribution in [1.82, 2.24) is 0 Å². The molecular weight excluding hydrogens is 374 g/mol. The highest BCUT2D eigenvalue weighted by Gasteiger charge is 2.40. The van der Waals surface area contributed by atoms with Gasteiger partial charge in [0, 0.05) is 5.02 Å². The van der Waals surface area contributed by atoms with Crippen molar-refractivity contribution in [2.24, 2.45) is 10.2 Å². The van der Waals surface area contributed by atoms with Crippen LogP contribution in [0.2, 0.25) is 5.02 Å². The Morgan fingerprint density at radius 2 is 2.00 bits per heavy atom. The molecule has 8 heteroatoms. The number of hydrogen-bond donors (Lipinski definition) is 1. The largest absolute Gasteiger partial charge is 0.481 e. The fourth-order valence-electron chi connectivity index (χ4n) is 2.37. The lowest BCUT2D eigenvalue weighted by Crippen LogP contribution is -2.32. The highest BCUT2D eigenvalue weighted by molar-refractivity contribution is 8.16. The molecule has 3 rings (SSSR count). The first-order valence-electron chi connectivity index (χ1n) is 7.68. The maximum atomic E-state index is 12.6. The van der Waals surface area contributed by atoms with Gasteiger partial charge in [-0.3, -0.25) is 14.5 Å².